The fraction of sp³-hybridized carbons (Fsp3) is 0.333. The van der Waals surface area contributed by atoms with Crippen LogP contribution in [0.1, 0.15) is 24.3 Å². The Morgan fingerprint density at radius 2 is 2.10 bits per heavy atom. The van der Waals surface area contributed by atoms with E-state index in [2.05, 4.69) is 29.0 Å². The van der Waals surface area contributed by atoms with Gasteiger partial charge in [-0.3, -0.25) is 0 Å². The molecule has 0 saturated carbocycles. The Morgan fingerprint density at radius 3 is 2.76 bits per heavy atom. The predicted octanol–water partition coefficient (Wildman–Crippen LogP) is 4.74. The number of nitrogens with one attached hydrogen (secondary N) is 1. The fourth-order valence-corrected chi connectivity index (χ4v) is 3.34. The third-order valence-corrected chi connectivity index (χ3v) is 5.20. The Hall–Kier alpha value is -1.17. The maximum absolute atomic E-state index is 6.13. The molecule has 0 unspecified atom stereocenters. The lowest BCUT2D eigenvalue weighted by atomic mass is 10.2. The summed E-state index contributed by atoms with van der Waals surface area (Å²) in [6.07, 6.45) is 1.83. The van der Waals surface area contributed by atoms with Gasteiger partial charge in [0.2, 0.25) is 0 Å². The van der Waals surface area contributed by atoms with Gasteiger partial charge in [-0.1, -0.05) is 41.2 Å². The summed E-state index contributed by atoms with van der Waals surface area (Å²) in [6, 6.07) is 5.75. The molecule has 0 aliphatic heterocycles. The molecule has 0 bridgehead atoms. The number of thiazole rings is 1. The molecule has 2 rings (SSSR count). The van der Waals surface area contributed by atoms with Crippen molar-refractivity contribution in [2.75, 3.05) is 23.3 Å². The van der Waals surface area contributed by atoms with E-state index in [0.29, 0.717) is 4.99 Å². The summed E-state index contributed by atoms with van der Waals surface area (Å²) >= 11 is 13.2. The van der Waals surface area contributed by atoms with Crippen LogP contribution >= 0.6 is 35.2 Å². The molecule has 1 heterocycles. The Balaban J connectivity index is 2.16. The minimum Gasteiger partial charge on any atom is -0.349 e. The first-order valence-electron chi connectivity index (χ1n) is 6.84. The molecule has 0 aliphatic carbocycles. The second kappa shape index (κ2) is 7.20. The number of hydrogen-bond donors (Lipinski definition) is 1. The summed E-state index contributed by atoms with van der Waals surface area (Å²) < 4.78 is 0. The number of halogens is 1. The Labute approximate surface area is 140 Å². The number of thiocarbonyl (C=S) groups is 1. The molecule has 0 fully saturated rings. The van der Waals surface area contributed by atoms with Crippen molar-refractivity contribution in [3.05, 3.63) is 39.9 Å². The van der Waals surface area contributed by atoms with Gasteiger partial charge in [-0.2, -0.15) is 0 Å². The molecule has 6 heteroatoms. The number of anilines is 2. The lowest BCUT2D eigenvalue weighted by Gasteiger charge is -2.16. The van der Waals surface area contributed by atoms with Crippen LogP contribution in [-0.4, -0.2) is 23.1 Å². The number of aromatic nitrogens is 1. The first kappa shape index (κ1) is 16.2. The quantitative estimate of drug-likeness (QED) is 0.796. The van der Waals surface area contributed by atoms with Crippen molar-refractivity contribution in [1.82, 2.24) is 4.98 Å². The average molecular weight is 340 g/mol. The average Bonchev–Trinajstić information content (AvgIpc) is 2.95. The van der Waals surface area contributed by atoms with Crippen LogP contribution < -0.4 is 10.2 Å². The van der Waals surface area contributed by atoms with Gasteiger partial charge in [0.05, 0.1) is 11.1 Å². The van der Waals surface area contributed by atoms with Gasteiger partial charge in [-0.15, -0.1) is 0 Å². The summed E-state index contributed by atoms with van der Waals surface area (Å²) in [5.41, 5.74) is 1.93. The Morgan fingerprint density at radius 1 is 1.38 bits per heavy atom. The molecule has 0 aliphatic rings. The van der Waals surface area contributed by atoms with Crippen LogP contribution in [0.4, 0.5) is 10.8 Å². The predicted molar refractivity (Wildman–Crippen MR) is 97.2 cm³/mol. The Bertz CT molecular complexity index is 636. The zero-order valence-corrected chi connectivity index (χ0v) is 14.7. The normalized spacial score (nSPS) is 10.5. The number of rotatable bonds is 5. The molecule has 3 nitrogen and oxygen atoms in total. The first-order chi connectivity index (χ1) is 10.1. The summed E-state index contributed by atoms with van der Waals surface area (Å²) in [5.74, 6) is 0. The van der Waals surface area contributed by atoms with Gasteiger partial charge < -0.3 is 10.2 Å². The molecule has 112 valence electrons. The van der Waals surface area contributed by atoms with Crippen LogP contribution in [-0.2, 0) is 0 Å². The van der Waals surface area contributed by atoms with E-state index < -0.39 is 0 Å². The Kier molecular flexibility index (Phi) is 5.56. The molecule has 0 atom stereocenters. The largest absolute Gasteiger partial charge is 0.349 e. The highest BCUT2D eigenvalue weighted by Gasteiger charge is 2.12. The minimum atomic E-state index is 0.677. The van der Waals surface area contributed by atoms with Crippen LogP contribution in [0.15, 0.2) is 24.4 Å². The van der Waals surface area contributed by atoms with Crippen molar-refractivity contribution in [2.24, 2.45) is 0 Å². The van der Waals surface area contributed by atoms with Crippen molar-refractivity contribution >= 4 is 51.0 Å². The van der Waals surface area contributed by atoms with E-state index in [1.807, 2.05) is 31.3 Å². The second-order valence-corrected chi connectivity index (χ2v) is 6.37. The van der Waals surface area contributed by atoms with Gasteiger partial charge in [0.1, 0.15) is 4.99 Å². The van der Waals surface area contributed by atoms with E-state index in [0.717, 1.165) is 39.4 Å². The third-order valence-electron chi connectivity index (χ3n) is 3.27. The highest BCUT2D eigenvalue weighted by atomic mass is 35.5. The van der Waals surface area contributed by atoms with E-state index in [9.17, 15) is 0 Å². The number of hydrogen-bond acceptors (Lipinski definition) is 4. The van der Waals surface area contributed by atoms with Crippen molar-refractivity contribution in [2.45, 2.75) is 20.8 Å². The molecule has 0 saturated heterocycles. The summed E-state index contributed by atoms with van der Waals surface area (Å²) in [7, 11) is 0. The smallest absolute Gasteiger partial charge is 0.185 e. The van der Waals surface area contributed by atoms with Gasteiger partial charge in [-0.25, -0.2) is 4.98 Å². The van der Waals surface area contributed by atoms with Crippen molar-refractivity contribution in [3.63, 3.8) is 0 Å². The fourth-order valence-electron chi connectivity index (χ4n) is 1.94. The van der Waals surface area contributed by atoms with Gasteiger partial charge in [0, 0.05) is 23.8 Å². The second-order valence-electron chi connectivity index (χ2n) is 4.55. The molecule has 1 N–H and O–H groups in total. The highest BCUT2D eigenvalue weighted by molar-refractivity contribution is 7.81. The van der Waals surface area contributed by atoms with E-state index in [1.165, 1.54) is 0 Å². The number of benzene rings is 1. The van der Waals surface area contributed by atoms with E-state index in [1.54, 1.807) is 11.3 Å². The number of nitrogens with zero attached hydrogens (tertiary/aromatic N) is 2. The third kappa shape index (κ3) is 3.73. The van der Waals surface area contributed by atoms with Crippen LogP contribution in [0, 0.1) is 6.92 Å². The topological polar surface area (TPSA) is 28.2 Å². The SMILES string of the molecule is CCN(CC)c1ncc(C(=S)Nc2cccc(Cl)c2C)s1. The summed E-state index contributed by atoms with van der Waals surface area (Å²) in [6.45, 7) is 8.10. The molecule has 0 radical (unpaired) electrons. The van der Waals surface area contributed by atoms with Crippen LogP contribution in [0.5, 0.6) is 0 Å². The van der Waals surface area contributed by atoms with Crippen molar-refractivity contribution in [1.29, 1.82) is 0 Å². The maximum Gasteiger partial charge on any atom is 0.185 e. The van der Waals surface area contributed by atoms with E-state index >= 15 is 0 Å². The van der Waals surface area contributed by atoms with Crippen molar-refractivity contribution in [3.8, 4) is 0 Å². The molecular weight excluding hydrogens is 322 g/mol. The van der Waals surface area contributed by atoms with Crippen LogP contribution in [0.25, 0.3) is 0 Å². The molecule has 2 aromatic rings. The lowest BCUT2D eigenvalue weighted by Crippen LogP contribution is -2.21. The molecule has 1 aromatic heterocycles. The van der Waals surface area contributed by atoms with Gasteiger partial charge in [-0.05, 0) is 38.5 Å². The van der Waals surface area contributed by atoms with Crippen LogP contribution in [0.2, 0.25) is 5.02 Å². The maximum atomic E-state index is 6.13. The summed E-state index contributed by atoms with van der Waals surface area (Å²) in [4.78, 5) is 8.30. The zero-order valence-electron chi connectivity index (χ0n) is 12.3. The van der Waals surface area contributed by atoms with Crippen LogP contribution in [0.3, 0.4) is 0 Å². The molecule has 0 spiro atoms. The molecule has 0 amide bonds. The van der Waals surface area contributed by atoms with Gasteiger partial charge >= 0.3 is 0 Å². The molecule has 21 heavy (non-hydrogen) atoms. The van der Waals surface area contributed by atoms with Crippen molar-refractivity contribution < 1.29 is 0 Å². The molecule has 1 aromatic carbocycles. The molecular formula is C15H18ClN3S2. The monoisotopic (exact) mass is 339 g/mol. The minimum absolute atomic E-state index is 0.677. The zero-order chi connectivity index (χ0) is 15.4. The summed E-state index contributed by atoms with van der Waals surface area (Å²) in [5, 5.41) is 4.99. The van der Waals surface area contributed by atoms with Gasteiger partial charge in [0.25, 0.3) is 0 Å². The van der Waals surface area contributed by atoms with E-state index in [-0.39, 0.29) is 0 Å². The van der Waals surface area contributed by atoms with Gasteiger partial charge in [0.15, 0.2) is 5.13 Å². The standard InChI is InChI=1S/C15H18ClN3S2/c1-4-19(5-2)15-17-9-13(21-15)14(20)18-12-8-6-7-11(16)10(12)3/h6-9H,4-5H2,1-3H3,(H,18,20). The lowest BCUT2D eigenvalue weighted by molar-refractivity contribution is 0.860. The highest BCUT2D eigenvalue weighted by Crippen LogP contribution is 2.26. The van der Waals surface area contributed by atoms with E-state index in [4.69, 9.17) is 23.8 Å². The first-order valence-corrected chi connectivity index (χ1v) is 8.44.